The second kappa shape index (κ2) is 9.33. The molecule has 2 N–H and O–H groups in total. The molecule has 0 saturated carbocycles. The van der Waals surface area contributed by atoms with Crippen LogP contribution in [0.3, 0.4) is 0 Å². The number of aromatic nitrogens is 2. The molecule has 0 spiro atoms. The first kappa shape index (κ1) is 22.3. The van der Waals surface area contributed by atoms with Crippen molar-refractivity contribution in [3.63, 3.8) is 0 Å². The van der Waals surface area contributed by atoms with E-state index in [-0.39, 0.29) is 37.3 Å². The van der Waals surface area contributed by atoms with Crippen molar-refractivity contribution >= 4 is 51.1 Å². The number of fused-ring (bicyclic) bond motifs is 2. The number of aryl methyl sites for hydroxylation is 1. The summed E-state index contributed by atoms with van der Waals surface area (Å²) in [5.74, 6) is -1.10. The van der Waals surface area contributed by atoms with Gasteiger partial charge >= 0.3 is 5.97 Å². The SMILES string of the molecule is CCOC(=O)c1sc2ncnc(NNC(=O)CCCN3C(=O)c4ccccc4C3=O)c2c1C. The first-order chi connectivity index (χ1) is 15.9. The van der Waals surface area contributed by atoms with Crippen LogP contribution in [-0.4, -0.2) is 51.7 Å². The number of anilines is 1. The Morgan fingerprint density at radius 2 is 1.82 bits per heavy atom. The number of nitrogens with one attached hydrogen (secondary N) is 2. The number of amides is 3. The predicted octanol–water partition coefficient (Wildman–Crippen LogP) is 2.70. The fraction of sp³-hybridized carbons (Fsp3) is 0.273. The van der Waals surface area contributed by atoms with Crippen LogP contribution in [0.5, 0.6) is 0 Å². The lowest BCUT2D eigenvalue weighted by molar-refractivity contribution is -0.120. The average molecular weight is 468 g/mol. The van der Waals surface area contributed by atoms with Crippen molar-refractivity contribution in [2.24, 2.45) is 0 Å². The molecule has 170 valence electrons. The number of rotatable bonds is 8. The summed E-state index contributed by atoms with van der Waals surface area (Å²) in [6, 6.07) is 6.66. The number of imide groups is 1. The smallest absolute Gasteiger partial charge is 0.348 e. The Morgan fingerprint density at radius 1 is 1.12 bits per heavy atom. The topological polar surface area (TPSA) is 131 Å². The number of hydrogen-bond acceptors (Lipinski definition) is 9. The maximum atomic E-state index is 12.4. The number of thiophene rings is 1. The van der Waals surface area contributed by atoms with E-state index in [0.717, 1.165) is 4.90 Å². The van der Waals surface area contributed by atoms with Gasteiger partial charge in [0.15, 0.2) is 5.82 Å². The molecule has 0 saturated heterocycles. The molecule has 1 aromatic carbocycles. The van der Waals surface area contributed by atoms with Gasteiger partial charge in [0, 0.05) is 13.0 Å². The van der Waals surface area contributed by atoms with Gasteiger partial charge in [-0.2, -0.15) is 0 Å². The number of carbonyl (C=O) groups excluding carboxylic acids is 4. The van der Waals surface area contributed by atoms with Crippen LogP contribution in [0.15, 0.2) is 30.6 Å². The molecule has 0 atom stereocenters. The third kappa shape index (κ3) is 4.27. The number of benzene rings is 1. The van der Waals surface area contributed by atoms with Gasteiger partial charge in [0.25, 0.3) is 11.8 Å². The molecular formula is C22H21N5O5S. The van der Waals surface area contributed by atoms with Crippen LogP contribution in [0.4, 0.5) is 5.82 Å². The molecule has 11 heteroatoms. The van der Waals surface area contributed by atoms with Gasteiger partial charge in [0.05, 0.1) is 23.1 Å². The van der Waals surface area contributed by atoms with Crippen LogP contribution in [0.25, 0.3) is 10.2 Å². The summed E-state index contributed by atoms with van der Waals surface area (Å²) in [6.07, 6.45) is 1.73. The summed E-state index contributed by atoms with van der Waals surface area (Å²) in [6.45, 7) is 3.91. The van der Waals surface area contributed by atoms with Crippen molar-refractivity contribution in [2.45, 2.75) is 26.7 Å². The molecule has 3 aromatic rings. The summed E-state index contributed by atoms with van der Waals surface area (Å²) < 4.78 is 5.08. The fourth-order valence-corrected chi connectivity index (χ4v) is 4.63. The van der Waals surface area contributed by atoms with Crippen molar-refractivity contribution in [3.05, 3.63) is 52.2 Å². The van der Waals surface area contributed by atoms with E-state index >= 15 is 0 Å². The highest BCUT2D eigenvalue weighted by Crippen LogP contribution is 2.33. The molecule has 33 heavy (non-hydrogen) atoms. The minimum Gasteiger partial charge on any atom is -0.462 e. The van der Waals surface area contributed by atoms with Crippen LogP contribution in [0, 0.1) is 6.92 Å². The van der Waals surface area contributed by atoms with Crippen LogP contribution >= 0.6 is 11.3 Å². The maximum Gasteiger partial charge on any atom is 0.348 e. The Kier molecular flexibility index (Phi) is 6.31. The third-order valence-corrected chi connectivity index (χ3v) is 6.35. The Balaban J connectivity index is 1.35. The summed E-state index contributed by atoms with van der Waals surface area (Å²) in [7, 11) is 0. The molecule has 2 aromatic heterocycles. The minimum atomic E-state index is -0.429. The van der Waals surface area contributed by atoms with Crippen LogP contribution in [0.2, 0.25) is 0 Å². The molecule has 0 aliphatic carbocycles. The van der Waals surface area contributed by atoms with Gasteiger partial charge < -0.3 is 4.74 Å². The summed E-state index contributed by atoms with van der Waals surface area (Å²) in [5.41, 5.74) is 6.78. The second-order valence-corrected chi connectivity index (χ2v) is 8.26. The summed E-state index contributed by atoms with van der Waals surface area (Å²) in [4.78, 5) is 59.8. The normalized spacial score (nSPS) is 12.7. The zero-order valence-electron chi connectivity index (χ0n) is 18.0. The number of carbonyl (C=O) groups is 4. The Morgan fingerprint density at radius 3 is 2.48 bits per heavy atom. The lowest BCUT2D eigenvalue weighted by atomic mass is 10.1. The third-order valence-electron chi connectivity index (χ3n) is 5.17. The van der Waals surface area contributed by atoms with E-state index in [1.54, 1.807) is 38.1 Å². The van der Waals surface area contributed by atoms with Crippen molar-refractivity contribution in [1.82, 2.24) is 20.3 Å². The molecule has 0 bridgehead atoms. The monoisotopic (exact) mass is 467 g/mol. The first-order valence-electron chi connectivity index (χ1n) is 10.3. The van der Waals surface area contributed by atoms with Crippen molar-refractivity contribution in [2.75, 3.05) is 18.6 Å². The molecule has 10 nitrogen and oxygen atoms in total. The molecule has 3 heterocycles. The predicted molar refractivity (Wildman–Crippen MR) is 121 cm³/mol. The average Bonchev–Trinajstić information content (AvgIpc) is 3.28. The zero-order valence-corrected chi connectivity index (χ0v) is 18.8. The Bertz CT molecular complexity index is 1240. The second-order valence-electron chi connectivity index (χ2n) is 7.26. The van der Waals surface area contributed by atoms with Crippen molar-refractivity contribution in [1.29, 1.82) is 0 Å². The molecule has 1 aliphatic rings. The molecule has 1 aliphatic heterocycles. The van der Waals surface area contributed by atoms with Crippen LogP contribution < -0.4 is 10.9 Å². The fourth-order valence-electron chi connectivity index (χ4n) is 3.59. The maximum absolute atomic E-state index is 12.4. The van der Waals surface area contributed by atoms with Crippen molar-refractivity contribution in [3.8, 4) is 0 Å². The van der Waals surface area contributed by atoms with Gasteiger partial charge in [-0.1, -0.05) is 12.1 Å². The van der Waals surface area contributed by atoms with Crippen LogP contribution in [0.1, 0.15) is 55.7 Å². The Labute approximate surface area is 192 Å². The van der Waals surface area contributed by atoms with Gasteiger partial charge in [0.1, 0.15) is 16.0 Å². The number of hydrogen-bond donors (Lipinski definition) is 2. The first-order valence-corrected chi connectivity index (χ1v) is 11.1. The number of nitrogens with zero attached hydrogens (tertiary/aromatic N) is 3. The van der Waals surface area contributed by atoms with E-state index in [4.69, 9.17) is 4.74 Å². The van der Waals surface area contributed by atoms with Gasteiger partial charge in [-0.15, -0.1) is 11.3 Å². The van der Waals surface area contributed by atoms with Gasteiger partial charge in [-0.05, 0) is 38.0 Å². The number of hydrazine groups is 1. The Hall–Kier alpha value is -3.86. The van der Waals surface area contributed by atoms with E-state index in [0.29, 0.717) is 44.0 Å². The lowest BCUT2D eigenvalue weighted by Gasteiger charge is -2.14. The van der Waals surface area contributed by atoms with E-state index in [1.165, 1.54) is 17.7 Å². The van der Waals surface area contributed by atoms with Gasteiger partial charge in [-0.25, -0.2) is 14.8 Å². The van der Waals surface area contributed by atoms with E-state index in [1.807, 2.05) is 0 Å². The number of esters is 1. The molecular weight excluding hydrogens is 446 g/mol. The van der Waals surface area contributed by atoms with Crippen LogP contribution in [-0.2, 0) is 9.53 Å². The van der Waals surface area contributed by atoms with Crippen molar-refractivity contribution < 1.29 is 23.9 Å². The number of ether oxygens (including phenoxy) is 1. The van der Waals surface area contributed by atoms with Gasteiger partial charge in [0.2, 0.25) is 5.91 Å². The van der Waals surface area contributed by atoms with E-state index < -0.39 is 5.97 Å². The highest BCUT2D eigenvalue weighted by atomic mass is 32.1. The quantitative estimate of drug-likeness (QED) is 0.294. The highest BCUT2D eigenvalue weighted by Gasteiger charge is 2.34. The largest absolute Gasteiger partial charge is 0.462 e. The molecule has 0 unspecified atom stereocenters. The standard InChI is InChI=1S/C22H21N5O5S/c1-3-32-22(31)17-12(2)16-18(23-11-24-19(16)33-17)26-25-15(28)9-6-10-27-20(29)13-7-4-5-8-14(13)21(27)30/h4-5,7-8,11H,3,6,9-10H2,1-2H3,(H,25,28)(H,23,24,26). The molecule has 0 radical (unpaired) electrons. The van der Waals surface area contributed by atoms with Gasteiger partial charge in [-0.3, -0.25) is 30.1 Å². The minimum absolute atomic E-state index is 0.0886. The summed E-state index contributed by atoms with van der Waals surface area (Å²) in [5, 5.41) is 0.622. The zero-order chi connectivity index (χ0) is 23.5. The summed E-state index contributed by atoms with van der Waals surface area (Å²) >= 11 is 1.20. The lowest BCUT2D eigenvalue weighted by Crippen LogP contribution is -2.33. The molecule has 4 rings (SSSR count). The van der Waals surface area contributed by atoms with E-state index in [9.17, 15) is 19.2 Å². The molecule has 3 amide bonds. The molecule has 0 fully saturated rings. The highest BCUT2D eigenvalue weighted by molar-refractivity contribution is 7.20. The van der Waals surface area contributed by atoms with E-state index in [2.05, 4.69) is 20.8 Å².